The summed E-state index contributed by atoms with van der Waals surface area (Å²) in [6, 6.07) is 7.80. The van der Waals surface area contributed by atoms with Crippen molar-refractivity contribution in [2.45, 2.75) is 11.8 Å². The van der Waals surface area contributed by atoms with E-state index in [1.165, 1.54) is 18.2 Å². The van der Waals surface area contributed by atoms with Gasteiger partial charge in [0.2, 0.25) is 0 Å². The molecule has 2 N–H and O–H groups in total. The van der Waals surface area contributed by atoms with Crippen molar-refractivity contribution >= 4 is 27.9 Å². The summed E-state index contributed by atoms with van der Waals surface area (Å²) in [5, 5.41) is 18.8. The molecule has 2 aromatic rings. The standard InChI is InChI=1S/C15H12BrNO4/c16-8-13-10(2-1-5-17-13)6-9-3-4-11(14(18)19)7-12(9)15(20)21/h1-5,7H,6,8H2,(H,18,19)(H,20,21). The first-order chi connectivity index (χ1) is 10.0. The van der Waals surface area contributed by atoms with Crippen molar-refractivity contribution in [3.63, 3.8) is 0 Å². The van der Waals surface area contributed by atoms with Gasteiger partial charge in [-0.2, -0.15) is 0 Å². The predicted molar refractivity (Wildman–Crippen MR) is 80.0 cm³/mol. The van der Waals surface area contributed by atoms with Crippen LogP contribution in [0.2, 0.25) is 0 Å². The average Bonchev–Trinajstić information content (AvgIpc) is 2.47. The quantitative estimate of drug-likeness (QED) is 0.810. The van der Waals surface area contributed by atoms with Gasteiger partial charge in [0, 0.05) is 17.9 Å². The maximum absolute atomic E-state index is 11.3. The molecule has 21 heavy (non-hydrogen) atoms. The highest BCUT2D eigenvalue weighted by molar-refractivity contribution is 9.08. The Morgan fingerprint density at radius 3 is 2.48 bits per heavy atom. The van der Waals surface area contributed by atoms with Gasteiger partial charge in [0.25, 0.3) is 0 Å². The Kier molecular flexibility index (Phi) is 4.70. The summed E-state index contributed by atoms with van der Waals surface area (Å²) in [4.78, 5) is 26.5. The van der Waals surface area contributed by atoms with Gasteiger partial charge in [-0.3, -0.25) is 4.98 Å². The number of rotatable bonds is 5. The van der Waals surface area contributed by atoms with Crippen LogP contribution in [0, 0.1) is 0 Å². The van der Waals surface area contributed by atoms with Gasteiger partial charge >= 0.3 is 11.9 Å². The molecule has 0 aliphatic rings. The third-order valence-corrected chi connectivity index (χ3v) is 3.61. The first-order valence-electron chi connectivity index (χ1n) is 6.11. The van der Waals surface area contributed by atoms with E-state index in [0.717, 1.165) is 11.3 Å². The number of carboxylic acid groups (broad SMARTS) is 2. The van der Waals surface area contributed by atoms with E-state index in [9.17, 15) is 14.7 Å². The number of alkyl halides is 1. The van der Waals surface area contributed by atoms with E-state index >= 15 is 0 Å². The summed E-state index contributed by atoms with van der Waals surface area (Å²) in [5.41, 5.74) is 2.25. The molecule has 1 heterocycles. The van der Waals surface area contributed by atoms with Crippen molar-refractivity contribution in [3.05, 3.63) is 64.5 Å². The van der Waals surface area contributed by atoms with Crippen LogP contribution in [0.1, 0.15) is 37.5 Å². The third-order valence-electron chi connectivity index (χ3n) is 3.08. The fourth-order valence-corrected chi connectivity index (χ4v) is 2.53. The number of halogens is 1. The lowest BCUT2D eigenvalue weighted by atomic mass is 9.97. The number of carboxylic acids is 2. The summed E-state index contributed by atoms with van der Waals surface area (Å²) in [7, 11) is 0. The lowest BCUT2D eigenvalue weighted by Crippen LogP contribution is -2.07. The molecule has 6 heteroatoms. The molecule has 2 rings (SSSR count). The Labute approximate surface area is 129 Å². The molecule has 0 aliphatic carbocycles. The molecule has 0 fully saturated rings. The minimum atomic E-state index is -1.15. The van der Waals surface area contributed by atoms with Crippen molar-refractivity contribution in [1.82, 2.24) is 4.98 Å². The second-order valence-corrected chi connectivity index (χ2v) is 4.96. The minimum absolute atomic E-state index is 0.000671. The number of aromatic carboxylic acids is 2. The summed E-state index contributed by atoms with van der Waals surface area (Å²) in [5.74, 6) is -2.29. The van der Waals surface area contributed by atoms with Crippen LogP contribution in [0.25, 0.3) is 0 Å². The van der Waals surface area contributed by atoms with Crippen LogP contribution in [0.5, 0.6) is 0 Å². The molecule has 1 aromatic heterocycles. The number of hydrogen-bond donors (Lipinski definition) is 2. The molecule has 0 bridgehead atoms. The van der Waals surface area contributed by atoms with Crippen LogP contribution in [0.3, 0.4) is 0 Å². The number of hydrogen-bond acceptors (Lipinski definition) is 3. The highest BCUT2D eigenvalue weighted by atomic mass is 79.9. The molecule has 5 nitrogen and oxygen atoms in total. The molecule has 108 valence electrons. The van der Waals surface area contributed by atoms with Crippen molar-refractivity contribution in [2.75, 3.05) is 0 Å². The molecule has 0 spiro atoms. The van der Waals surface area contributed by atoms with Gasteiger partial charge in [0.1, 0.15) is 0 Å². The zero-order valence-corrected chi connectivity index (χ0v) is 12.5. The predicted octanol–water partition coefficient (Wildman–Crippen LogP) is 2.96. The minimum Gasteiger partial charge on any atom is -0.478 e. The summed E-state index contributed by atoms with van der Waals surface area (Å²) in [6.07, 6.45) is 2.06. The van der Waals surface area contributed by atoms with E-state index in [1.807, 2.05) is 6.07 Å². The van der Waals surface area contributed by atoms with Crippen LogP contribution >= 0.6 is 15.9 Å². The summed E-state index contributed by atoms with van der Waals surface area (Å²) < 4.78 is 0. The normalized spacial score (nSPS) is 10.3. The van der Waals surface area contributed by atoms with Crippen LogP contribution in [-0.2, 0) is 11.8 Å². The van der Waals surface area contributed by atoms with Crippen LogP contribution in [-0.4, -0.2) is 27.1 Å². The number of benzene rings is 1. The average molecular weight is 350 g/mol. The number of nitrogens with zero attached hydrogens (tertiary/aromatic N) is 1. The van der Waals surface area contributed by atoms with E-state index < -0.39 is 11.9 Å². The second kappa shape index (κ2) is 6.49. The van der Waals surface area contributed by atoms with Crippen LogP contribution in [0.4, 0.5) is 0 Å². The Morgan fingerprint density at radius 2 is 1.86 bits per heavy atom. The fraction of sp³-hybridized carbons (Fsp3) is 0.133. The van der Waals surface area contributed by atoms with Crippen molar-refractivity contribution in [2.24, 2.45) is 0 Å². The summed E-state index contributed by atoms with van der Waals surface area (Å²) >= 11 is 3.34. The van der Waals surface area contributed by atoms with Gasteiger partial charge in [-0.15, -0.1) is 0 Å². The van der Waals surface area contributed by atoms with E-state index in [4.69, 9.17) is 5.11 Å². The van der Waals surface area contributed by atoms with E-state index in [1.54, 1.807) is 12.3 Å². The molecular formula is C15H12BrNO4. The van der Waals surface area contributed by atoms with E-state index in [0.29, 0.717) is 17.3 Å². The van der Waals surface area contributed by atoms with E-state index in [-0.39, 0.29) is 11.1 Å². The monoisotopic (exact) mass is 349 g/mol. The topological polar surface area (TPSA) is 87.5 Å². The largest absolute Gasteiger partial charge is 0.478 e. The maximum Gasteiger partial charge on any atom is 0.336 e. The van der Waals surface area contributed by atoms with Crippen molar-refractivity contribution < 1.29 is 19.8 Å². The molecule has 0 unspecified atom stereocenters. The highest BCUT2D eigenvalue weighted by Gasteiger charge is 2.15. The summed E-state index contributed by atoms with van der Waals surface area (Å²) in [6.45, 7) is 0. The molecule has 0 radical (unpaired) electrons. The zero-order chi connectivity index (χ0) is 15.4. The van der Waals surface area contributed by atoms with Crippen LogP contribution in [0.15, 0.2) is 36.5 Å². The molecule has 0 saturated carbocycles. The molecule has 0 amide bonds. The number of carbonyl (C=O) groups is 2. The Hall–Kier alpha value is -2.21. The second-order valence-electron chi connectivity index (χ2n) is 4.40. The Bertz CT molecular complexity index is 700. The lowest BCUT2D eigenvalue weighted by Gasteiger charge is -2.10. The third kappa shape index (κ3) is 3.46. The number of aromatic nitrogens is 1. The zero-order valence-electron chi connectivity index (χ0n) is 10.9. The van der Waals surface area contributed by atoms with Gasteiger partial charge in [-0.25, -0.2) is 9.59 Å². The Balaban J connectivity index is 2.44. The Morgan fingerprint density at radius 1 is 1.10 bits per heavy atom. The van der Waals surface area contributed by atoms with Gasteiger partial charge in [0.15, 0.2) is 0 Å². The maximum atomic E-state index is 11.3. The molecule has 0 aliphatic heterocycles. The van der Waals surface area contributed by atoms with Gasteiger partial charge in [0.05, 0.1) is 16.8 Å². The van der Waals surface area contributed by atoms with Gasteiger partial charge in [-0.05, 0) is 29.3 Å². The number of pyridine rings is 1. The van der Waals surface area contributed by atoms with Crippen molar-refractivity contribution in [1.29, 1.82) is 0 Å². The van der Waals surface area contributed by atoms with Gasteiger partial charge in [-0.1, -0.05) is 28.1 Å². The molecule has 0 atom stereocenters. The van der Waals surface area contributed by atoms with Crippen LogP contribution < -0.4 is 0 Å². The van der Waals surface area contributed by atoms with E-state index in [2.05, 4.69) is 20.9 Å². The highest BCUT2D eigenvalue weighted by Crippen LogP contribution is 2.19. The lowest BCUT2D eigenvalue weighted by molar-refractivity contribution is 0.0695. The smallest absolute Gasteiger partial charge is 0.336 e. The molecular weight excluding hydrogens is 338 g/mol. The first-order valence-corrected chi connectivity index (χ1v) is 7.23. The fourth-order valence-electron chi connectivity index (χ4n) is 2.02. The van der Waals surface area contributed by atoms with Gasteiger partial charge < -0.3 is 10.2 Å². The SMILES string of the molecule is O=C(O)c1ccc(Cc2cccnc2CBr)c(C(=O)O)c1. The molecule has 1 aromatic carbocycles. The first kappa shape index (κ1) is 15.2. The van der Waals surface area contributed by atoms with Crippen molar-refractivity contribution in [3.8, 4) is 0 Å². The molecule has 0 saturated heterocycles.